The number of nitrogen functional groups attached to an aromatic ring is 1. The molecule has 1 aliphatic heterocycles. The van der Waals surface area contributed by atoms with Gasteiger partial charge in [-0.3, -0.25) is 4.90 Å². The molecule has 4 heteroatoms. The fraction of sp³-hybridized carbons (Fsp3) is 0.294. The van der Waals surface area contributed by atoms with E-state index in [9.17, 15) is 0 Å². The molecular weight excluding hydrogens is 284 g/mol. The van der Waals surface area contributed by atoms with Crippen molar-refractivity contribution in [3.63, 3.8) is 0 Å². The molecule has 3 nitrogen and oxygen atoms in total. The van der Waals surface area contributed by atoms with E-state index in [1.807, 2.05) is 18.2 Å². The fourth-order valence-corrected chi connectivity index (χ4v) is 2.84. The van der Waals surface area contributed by atoms with Gasteiger partial charge in [-0.05, 0) is 24.1 Å². The highest BCUT2D eigenvalue weighted by Crippen LogP contribution is 2.31. The van der Waals surface area contributed by atoms with E-state index in [4.69, 9.17) is 22.1 Å². The van der Waals surface area contributed by atoms with Crippen molar-refractivity contribution in [2.45, 2.75) is 19.1 Å². The summed E-state index contributed by atoms with van der Waals surface area (Å²) in [6.45, 7) is 2.92. The van der Waals surface area contributed by atoms with Gasteiger partial charge in [-0.1, -0.05) is 48.0 Å². The molecule has 0 radical (unpaired) electrons. The molecule has 1 saturated heterocycles. The van der Waals surface area contributed by atoms with Gasteiger partial charge in [0.1, 0.15) is 11.9 Å². The van der Waals surface area contributed by atoms with Crippen LogP contribution in [-0.4, -0.2) is 24.1 Å². The summed E-state index contributed by atoms with van der Waals surface area (Å²) in [5, 5.41) is 0.548. The summed E-state index contributed by atoms with van der Waals surface area (Å²) in [7, 11) is 0. The number of halogens is 1. The number of nitrogens with zero attached hydrogens (tertiary/aromatic N) is 1. The van der Waals surface area contributed by atoms with Crippen LogP contribution < -0.4 is 10.5 Å². The first-order valence-electron chi connectivity index (χ1n) is 7.19. The van der Waals surface area contributed by atoms with Gasteiger partial charge >= 0.3 is 0 Å². The highest BCUT2D eigenvalue weighted by Gasteiger charge is 2.24. The summed E-state index contributed by atoms with van der Waals surface area (Å²) in [6.07, 6.45) is 1.19. The molecule has 0 aliphatic carbocycles. The second kappa shape index (κ2) is 6.37. The van der Waals surface area contributed by atoms with Crippen molar-refractivity contribution in [1.82, 2.24) is 4.90 Å². The van der Waals surface area contributed by atoms with Crippen molar-refractivity contribution >= 4 is 17.3 Å². The normalized spacial score (nSPS) is 18.8. The number of ether oxygens (including phenoxy) is 1. The number of anilines is 1. The van der Waals surface area contributed by atoms with E-state index < -0.39 is 0 Å². The number of likely N-dealkylation sites (tertiary alicyclic amines) is 1. The Hall–Kier alpha value is -1.71. The number of hydrogen-bond donors (Lipinski definition) is 1. The molecule has 1 atom stereocenters. The molecule has 110 valence electrons. The van der Waals surface area contributed by atoms with Gasteiger partial charge in [0.05, 0.1) is 10.7 Å². The molecule has 0 saturated carbocycles. The molecular formula is C17H19ClN2O. The lowest BCUT2D eigenvalue weighted by Gasteiger charge is -2.18. The average Bonchev–Trinajstić information content (AvgIpc) is 2.92. The molecule has 0 bridgehead atoms. The first kappa shape index (κ1) is 14.2. The lowest BCUT2D eigenvalue weighted by Crippen LogP contribution is -2.24. The molecule has 1 aliphatic rings. The largest absolute Gasteiger partial charge is 0.487 e. The van der Waals surface area contributed by atoms with Crippen LogP contribution in [0.3, 0.4) is 0 Å². The standard InChI is InChI=1S/C17H19ClN2O/c18-15-7-4-8-16(17(15)19)21-14-9-10-20(12-14)11-13-5-2-1-3-6-13/h1-8,14H,9-12,19H2. The average molecular weight is 303 g/mol. The molecule has 3 rings (SSSR count). The maximum absolute atomic E-state index is 6.02. The van der Waals surface area contributed by atoms with Crippen molar-refractivity contribution < 1.29 is 4.74 Å². The molecule has 1 unspecified atom stereocenters. The molecule has 0 aromatic heterocycles. The first-order chi connectivity index (χ1) is 10.2. The van der Waals surface area contributed by atoms with Gasteiger partial charge in [-0.25, -0.2) is 0 Å². The summed E-state index contributed by atoms with van der Waals surface area (Å²) < 4.78 is 6.00. The Bertz CT molecular complexity index is 603. The molecule has 0 amide bonds. The Balaban J connectivity index is 1.59. The van der Waals surface area contributed by atoms with Crippen LogP contribution in [0.2, 0.25) is 5.02 Å². The lowest BCUT2D eigenvalue weighted by atomic mass is 10.2. The third-order valence-electron chi connectivity index (χ3n) is 3.78. The van der Waals surface area contributed by atoms with Crippen LogP contribution >= 0.6 is 11.6 Å². The molecule has 1 fully saturated rings. The molecule has 2 aromatic carbocycles. The molecule has 0 spiro atoms. The Labute approximate surface area is 130 Å². The van der Waals surface area contributed by atoms with E-state index in [-0.39, 0.29) is 6.10 Å². The summed E-state index contributed by atoms with van der Waals surface area (Å²) in [5.74, 6) is 0.689. The van der Waals surface area contributed by atoms with E-state index in [0.717, 1.165) is 26.1 Å². The van der Waals surface area contributed by atoms with Crippen LogP contribution in [-0.2, 0) is 6.54 Å². The molecule has 2 N–H and O–H groups in total. The fourth-order valence-electron chi connectivity index (χ4n) is 2.68. The lowest BCUT2D eigenvalue weighted by molar-refractivity contribution is 0.199. The van der Waals surface area contributed by atoms with Crippen LogP contribution in [0, 0.1) is 0 Å². The summed E-state index contributed by atoms with van der Waals surface area (Å²) >= 11 is 6.02. The maximum Gasteiger partial charge on any atom is 0.144 e. The molecule has 21 heavy (non-hydrogen) atoms. The van der Waals surface area contributed by atoms with Crippen LogP contribution in [0.1, 0.15) is 12.0 Å². The number of rotatable bonds is 4. The number of hydrogen-bond acceptors (Lipinski definition) is 3. The van der Waals surface area contributed by atoms with Gasteiger partial charge in [-0.2, -0.15) is 0 Å². The van der Waals surface area contributed by atoms with Gasteiger partial charge in [-0.15, -0.1) is 0 Å². The molecule has 2 aromatic rings. The predicted molar refractivity (Wildman–Crippen MR) is 86.6 cm³/mol. The van der Waals surface area contributed by atoms with Gasteiger partial charge in [0.2, 0.25) is 0 Å². The second-order valence-corrected chi connectivity index (χ2v) is 5.81. The van der Waals surface area contributed by atoms with Crippen molar-refractivity contribution in [3.05, 3.63) is 59.1 Å². The van der Waals surface area contributed by atoms with E-state index in [1.165, 1.54) is 5.56 Å². The minimum absolute atomic E-state index is 0.175. The second-order valence-electron chi connectivity index (χ2n) is 5.40. The van der Waals surface area contributed by atoms with E-state index in [0.29, 0.717) is 16.5 Å². The van der Waals surface area contributed by atoms with Crippen LogP contribution in [0.25, 0.3) is 0 Å². The van der Waals surface area contributed by atoms with Gasteiger partial charge < -0.3 is 10.5 Å². The predicted octanol–water partition coefficient (Wildman–Crippen LogP) is 3.58. The molecule has 1 heterocycles. The Morgan fingerprint density at radius 1 is 1.14 bits per heavy atom. The highest BCUT2D eigenvalue weighted by atomic mass is 35.5. The summed E-state index contributed by atoms with van der Waals surface area (Å²) in [4.78, 5) is 2.40. The Morgan fingerprint density at radius 3 is 2.76 bits per heavy atom. The third-order valence-corrected chi connectivity index (χ3v) is 4.11. The topological polar surface area (TPSA) is 38.5 Å². The smallest absolute Gasteiger partial charge is 0.144 e. The number of nitrogens with two attached hydrogens (primary N) is 1. The van der Waals surface area contributed by atoms with Crippen molar-refractivity contribution in [1.29, 1.82) is 0 Å². The Morgan fingerprint density at radius 2 is 1.95 bits per heavy atom. The van der Waals surface area contributed by atoms with Crippen LogP contribution in [0.5, 0.6) is 5.75 Å². The summed E-state index contributed by atoms with van der Waals surface area (Å²) in [6, 6.07) is 16.0. The highest BCUT2D eigenvalue weighted by molar-refractivity contribution is 6.33. The Kier molecular flexibility index (Phi) is 4.32. The van der Waals surface area contributed by atoms with Crippen molar-refractivity contribution in [2.24, 2.45) is 0 Å². The minimum atomic E-state index is 0.175. The van der Waals surface area contributed by atoms with E-state index >= 15 is 0 Å². The zero-order valence-electron chi connectivity index (χ0n) is 11.8. The van der Waals surface area contributed by atoms with Crippen molar-refractivity contribution in [3.8, 4) is 5.75 Å². The maximum atomic E-state index is 6.02. The van der Waals surface area contributed by atoms with Gasteiger partial charge in [0.25, 0.3) is 0 Å². The minimum Gasteiger partial charge on any atom is -0.487 e. The first-order valence-corrected chi connectivity index (χ1v) is 7.57. The van der Waals surface area contributed by atoms with Gasteiger partial charge in [0, 0.05) is 19.6 Å². The monoisotopic (exact) mass is 302 g/mol. The van der Waals surface area contributed by atoms with E-state index in [1.54, 1.807) is 6.07 Å². The number of para-hydroxylation sites is 1. The van der Waals surface area contributed by atoms with Crippen LogP contribution in [0.15, 0.2) is 48.5 Å². The zero-order valence-corrected chi connectivity index (χ0v) is 12.6. The third kappa shape index (κ3) is 3.49. The quantitative estimate of drug-likeness (QED) is 0.877. The van der Waals surface area contributed by atoms with Gasteiger partial charge in [0.15, 0.2) is 0 Å². The summed E-state index contributed by atoms with van der Waals surface area (Å²) in [5.41, 5.74) is 7.81. The number of benzene rings is 2. The SMILES string of the molecule is Nc1c(Cl)cccc1OC1CCN(Cc2ccccc2)C1. The zero-order chi connectivity index (χ0) is 14.7. The van der Waals surface area contributed by atoms with E-state index in [2.05, 4.69) is 29.2 Å². The van der Waals surface area contributed by atoms with Crippen LogP contribution in [0.4, 0.5) is 5.69 Å². The van der Waals surface area contributed by atoms with Crippen molar-refractivity contribution in [2.75, 3.05) is 18.8 Å².